The second-order valence-corrected chi connectivity index (χ2v) is 7.69. The molecule has 1 aliphatic carbocycles. The Labute approximate surface area is 136 Å². The average molecular weight is 338 g/mol. The number of nitrogens with one attached hydrogen (secondary N) is 2. The van der Waals surface area contributed by atoms with E-state index in [-0.39, 0.29) is 16.7 Å². The Balaban J connectivity index is 2.16. The van der Waals surface area contributed by atoms with Crippen LogP contribution in [-0.2, 0) is 19.6 Å². The van der Waals surface area contributed by atoms with Crippen LogP contribution in [0.5, 0.6) is 0 Å². The molecule has 0 unspecified atom stereocenters. The van der Waals surface area contributed by atoms with Crippen molar-refractivity contribution >= 4 is 21.8 Å². The van der Waals surface area contributed by atoms with Gasteiger partial charge in [-0.1, -0.05) is 30.5 Å². The van der Waals surface area contributed by atoms with Crippen LogP contribution in [0, 0.1) is 12.8 Å². The molecule has 0 spiro atoms. The van der Waals surface area contributed by atoms with E-state index in [0.29, 0.717) is 0 Å². The van der Waals surface area contributed by atoms with E-state index >= 15 is 0 Å². The van der Waals surface area contributed by atoms with Gasteiger partial charge in [0.2, 0.25) is 5.91 Å². The van der Waals surface area contributed by atoms with E-state index in [1.54, 1.807) is 12.1 Å². The first-order valence-corrected chi connectivity index (χ1v) is 9.18. The summed E-state index contributed by atoms with van der Waals surface area (Å²) in [6, 6.07) is 5.43. The quantitative estimate of drug-likeness (QED) is 0.851. The highest BCUT2D eigenvalue weighted by Gasteiger charge is 2.33. The maximum absolute atomic E-state index is 12.4. The maximum Gasteiger partial charge on any atom is 0.264 e. The number of rotatable bonds is 5. The predicted octanol–water partition coefficient (Wildman–Crippen LogP) is 1.49. The highest BCUT2D eigenvalue weighted by Crippen LogP contribution is 2.28. The summed E-state index contributed by atoms with van der Waals surface area (Å²) in [4.78, 5) is 23.8. The molecule has 1 atom stereocenters. The molecule has 6 nitrogen and oxygen atoms in total. The number of sulfonamides is 1. The first kappa shape index (κ1) is 17.5. The smallest absolute Gasteiger partial charge is 0.264 e. The van der Waals surface area contributed by atoms with Crippen molar-refractivity contribution in [3.63, 3.8) is 0 Å². The summed E-state index contributed by atoms with van der Waals surface area (Å²) >= 11 is 0. The molecule has 0 saturated heterocycles. The average Bonchev–Trinajstić information content (AvgIpc) is 2.98. The van der Waals surface area contributed by atoms with Crippen LogP contribution in [0.4, 0.5) is 0 Å². The van der Waals surface area contributed by atoms with Gasteiger partial charge < -0.3 is 5.32 Å². The molecule has 1 aliphatic rings. The van der Waals surface area contributed by atoms with Crippen molar-refractivity contribution < 1.29 is 18.0 Å². The zero-order valence-electron chi connectivity index (χ0n) is 13.3. The molecule has 0 aromatic heterocycles. The molecular formula is C16H22N2O4S. The van der Waals surface area contributed by atoms with Crippen LogP contribution < -0.4 is 10.0 Å². The minimum Gasteiger partial charge on any atom is -0.344 e. The van der Waals surface area contributed by atoms with Crippen molar-refractivity contribution in [3.05, 3.63) is 29.8 Å². The fourth-order valence-corrected chi connectivity index (χ4v) is 3.88. The van der Waals surface area contributed by atoms with Crippen LogP contribution in [0.2, 0.25) is 0 Å². The largest absolute Gasteiger partial charge is 0.344 e. The molecule has 1 aromatic carbocycles. The fourth-order valence-electron chi connectivity index (χ4n) is 2.88. The van der Waals surface area contributed by atoms with Gasteiger partial charge in [-0.25, -0.2) is 13.1 Å². The SMILES string of the molecule is CC(=O)N[C@@H](C(=O)NS(=O)(=O)c1ccc(C)cc1)C1CCCC1. The minimum atomic E-state index is -3.94. The molecule has 1 saturated carbocycles. The van der Waals surface area contributed by atoms with Gasteiger partial charge in [0, 0.05) is 6.92 Å². The summed E-state index contributed by atoms with van der Waals surface area (Å²) in [6.07, 6.45) is 3.59. The van der Waals surface area contributed by atoms with Gasteiger partial charge in [-0.15, -0.1) is 0 Å². The van der Waals surface area contributed by atoms with Gasteiger partial charge in [0.15, 0.2) is 0 Å². The van der Waals surface area contributed by atoms with Crippen LogP contribution in [-0.4, -0.2) is 26.3 Å². The van der Waals surface area contributed by atoms with E-state index in [2.05, 4.69) is 10.0 Å². The summed E-state index contributed by atoms with van der Waals surface area (Å²) in [5.74, 6) is -1.04. The first-order chi connectivity index (χ1) is 10.8. The molecule has 7 heteroatoms. The van der Waals surface area contributed by atoms with Crippen molar-refractivity contribution in [1.29, 1.82) is 0 Å². The topological polar surface area (TPSA) is 92.3 Å². The lowest BCUT2D eigenvalue weighted by molar-refractivity contribution is -0.128. The molecule has 2 amide bonds. The third kappa shape index (κ3) is 4.54. The van der Waals surface area contributed by atoms with Crippen LogP contribution >= 0.6 is 0 Å². The predicted molar refractivity (Wildman–Crippen MR) is 86.1 cm³/mol. The first-order valence-electron chi connectivity index (χ1n) is 7.70. The van der Waals surface area contributed by atoms with E-state index in [4.69, 9.17) is 0 Å². The number of hydrogen-bond donors (Lipinski definition) is 2. The van der Waals surface area contributed by atoms with Crippen molar-refractivity contribution in [2.45, 2.75) is 50.5 Å². The second kappa shape index (κ2) is 7.12. The molecule has 126 valence electrons. The van der Waals surface area contributed by atoms with Crippen LogP contribution in [0.3, 0.4) is 0 Å². The number of amides is 2. The van der Waals surface area contributed by atoms with Crippen LogP contribution in [0.15, 0.2) is 29.2 Å². The van der Waals surface area contributed by atoms with Crippen molar-refractivity contribution in [2.75, 3.05) is 0 Å². The molecule has 1 fully saturated rings. The van der Waals surface area contributed by atoms with Gasteiger partial charge in [0.1, 0.15) is 6.04 Å². The van der Waals surface area contributed by atoms with Gasteiger partial charge in [-0.05, 0) is 37.8 Å². The van der Waals surface area contributed by atoms with Crippen LogP contribution in [0.25, 0.3) is 0 Å². The molecular weight excluding hydrogens is 316 g/mol. The molecule has 2 rings (SSSR count). The van der Waals surface area contributed by atoms with Crippen molar-refractivity contribution in [3.8, 4) is 0 Å². The summed E-state index contributed by atoms with van der Waals surface area (Å²) in [6.45, 7) is 3.17. The lowest BCUT2D eigenvalue weighted by Gasteiger charge is -2.23. The maximum atomic E-state index is 12.4. The fraction of sp³-hybridized carbons (Fsp3) is 0.500. The lowest BCUT2D eigenvalue weighted by Crippen LogP contribution is -2.51. The molecule has 0 bridgehead atoms. The van der Waals surface area contributed by atoms with Gasteiger partial charge >= 0.3 is 0 Å². The molecule has 0 radical (unpaired) electrons. The zero-order valence-corrected chi connectivity index (χ0v) is 14.2. The Kier molecular flexibility index (Phi) is 5.41. The highest BCUT2D eigenvalue weighted by molar-refractivity contribution is 7.90. The van der Waals surface area contributed by atoms with Crippen LogP contribution in [0.1, 0.15) is 38.2 Å². The number of carbonyl (C=O) groups is 2. The molecule has 1 aromatic rings. The Morgan fingerprint density at radius 1 is 1.13 bits per heavy atom. The van der Waals surface area contributed by atoms with Crippen molar-refractivity contribution in [2.24, 2.45) is 5.92 Å². The molecule has 0 heterocycles. The number of hydrogen-bond acceptors (Lipinski definition) is 4. The Hall–Kier alpha value is -1.89. The third-order valence-corrected chi connectivity index (χ3v) is 5.44. The Bertz CT molecular complexity index is 677. The van der Waals surface area contributed by atoms with Gasteiger partial charge in [0.05, 0.1) is 4.90 Å². The highest BCUT2D eigenvalue weighted by atomic mass is 32.2. The van der Waals surface area contributed by atoms with E-state index in [9.17, 15) is 18.0 Å². The molecule has 23 heavy (non-hydrogen) atoms. The van der Waals surface area contributed by atoms with Gasteiger partial charge in [-0.2, -0.15) is 0 Å². The second-order valence-electron chi connectivity index (χ2n) is 6.01. The van der Waals surface area contributed by atoms with E-state index < -0.39 is 22.0 Å². The summed E-state index contributed by atoms with van der Waals surface area (Å²) < 4.78 is 26.7. The summed E-state index contributed by atoms with van der Waals surface area (Å²) in [7, 11) is -3.94. The zero-order chi connectivity index (χ0) is 17.0. The van der Waals surface area contributed by atoms with E-state index in [1.807, 2.05) is 6.92 Å². The van der Waals surface area contributed by atoms with E-state index in [0.717, 1.165) is 31.2 Å². The molecule has 2 N–H and O–H groups in total. The standard InChI is InChI=1S/C16H22N2O4S/c1-11-7-9-14(10-8-11)23(21,22)18-16(20)15(17-12(2)19)13-5-3-4-6-13/h7-10,13,15H,3-6H2,1-2H3,(H,17,19)(H,18,20)/t15-/m1/s1. The normalized spacial score (nSPS) is 16.8. The van der Waals surface area contributed by atoms with Crippen molar-refractivity contribution in [1.82, 2.24) is 10.0 Å². The third-order valence-electron chi connectivity index (χ3n) is 4.08. The Morgan fingerprint density at radius 3 is 2.22 bits per heavy atom. The summed E-state index contributed by atoms with van der Waals surface area (Å²) in [5, 5.41) is 2.59. The number of benzene rings is 1. The number of aryl methyl sites for hydroxylation is 1. The monoisotopic (exact) mass is 338 g/mol. The van der Waals surface area contributed by atoms with E-state index in [1.165, 1.54) is 19.1 Å². The summed E-state index contributed by atoms with van der Waals surface area (Å²) in [5.41, 5.74) is 0.928. The minimum absolute atomic E-state index is 0.0212. The lowest BCUT2D eigenvalue weighted by atomic mass is 9.97. The Morgan fingerprint density at radius 2 is 1.70 bits per heavy atom. The van der Waals surface area contributed by atoms with Gasteiger partial charge in [-0.3, -0.25) is 9.59 Å². The molecule has 0 aliphatic heterocycles. The van der Waals surface area contributed by atoms with Gasteiger partial charge in [0.25, 0.3) is 15.9 Å². The number of carbonyl (C=O) groups excluding carboxylic acids is 2.